The first-order valence-corrected chi connectivity index (χ1v) is 9.86. The molecule has 2 amide bonds. The van der Waals surface area contributed by atoms with Crippen molar-refractivity contribution in [2.75, 3.05) is 11.9 Å². The van der Waals surface area contributed by atoms with Crippen LogP contribution in [-0.2, 0) is 10.5 Å². The number of hydrogen-bond donors (Lipinski definition) is 2. The van der Waals surface area contributed by atoms with E-state index in [1.165, 1.54) is 5.56 Å². The number of benzene rings is 2. The van der Waals surface area contributed by atoms with Crippen LogP contribution in [-0.4, -0.2) is 23.6 Å². The van der Waals surface area contributed by atoms with Crippen LogP contribution in [0.25, 0.3) is 0 Å². The Balaban J connectivity index is 1.96. The molecule has 0 bridgehead atoms. The van der Waals surface area contributed by atoms with Crippen molar-refractivity contribution in [1.82, 2.24) is 5.32 Å². The molecular weight excluding hydrogens is 344 g/mol. The molecule has 5 heteroatoms. The molecule has 2 aromatic carbocycles. The van der Waals surface area contributed by atoms with Crippen molar-refractivity contribution in [2.24, 2.45) is 5.92 Å². The molecule has 0 fully saturated rings. The maximum atomic E-state index is 12.5. The number of hydrogen-bond acceptors (Lipinski definition) is 3. The molecule has 0 spiro atoms. The van der Waals surface area contributed by atoms with Crippen LogP contribution in [0.1, 0.15) is 36.7 Å². The Morgan fingerprint density at radius 3 is 2.31 bits per heavy atom. The minimum Gasteiger partial charge on any atom is -0.352 e. The van der Waals surface area contributed by atoms with Gasteiger partial charge in [-0.25, -0.2) is 0 Å². The number of para-hydroxylation sites is 1. The van der Waals surface area contributed by atoms with Crippen LogP contribution >= 0.6 is 11.8 Å². The van der Waals surface area contributed by atoms with Crippen molar-refractivity contribution in [1.29, 1.82) is 0 Å². The molecule has 0 aliphatic carbocycles. The van der Waals surface area contributed by atoms with Gasteiger partial charge in [-0.3, -0.25) is 9.59 Å². The van der Waals surface area contributed by atoms with Gasteiger partial charge in [0.25, 0.3) is 5.91 Å². The SMILES string of the molecule is CC(C)CNC(=O)c1ccccc1NC(=O)[C@H](C)SCc1ccccc1. The van der Waals surface area contributed by atoms with Crippen LogP contribution in [0.15, 0.2) is 54.6 Å². The number of carbonyl (C=O) groups is 2. The van der Waals surface area contributed by atoms with E-state index in [1.54, 1.807) is 30.0 Å². The van der Waals surface area contributed by atoms with Gasteiger partial charge in [0.2, 0.25) is 5.91 Å². The number of nitrogens with one attached hydrogen (secondary N) is 2. The van der Waals surface area contributed by atoms with Gasteiger partial charge in [-0.05, 0) is 30.5 Å². The first-order chi connectivity index (χ1) is 12.5. The lowest BCUT2D eigenvalue weighted by molar-refractivity contribution is -0.115. The molecule has 0 aromatic heterocycles. The second-order valence-corrected chi connectivity index (χ2v) is 7.91. The zero-order valence-corrected chi connectivity index (χ0v) is 16.3. The lowest BCUT2D eigenvalue weighted by atomic mass is 10.1. The van der Waals surface area contributed by atoms with Crippen molar-refractivity contribution < 1.29 is 9.59 Å². The van der Waals surface area contributed by atoms with E-state index in [0.717, 1.165) is 5.75 Å². The average molecular weight is 371 g/mol. The van der Waals surface area contributed by atoms with Gasteiger partial charge in [0.1, 0.15) is 0 Å². The highest BCUT2D eigenvalue weighted by Gasteiger charge is 2.17. The van der Waals surface area contributed by atoms with Gasteiger partial charge >= 0.3 is 0 Å². The summed E-state index contributed by atoms with van der Waals surface area (Å²) in [7, 11) is 0. The third-order valence-corrected chi connectivity index (χ3v) is 5.03. The molecule has 4 nitrogen and oxygen atoms in total. The third kappa shape index (κ3) is 6.23. The van der Waals surface area contributed by atoms with E-state index in [-0.39, 0.29) is 17.1 Å². The zero-order chi connectivity index (χ0) is 18.9. The molecule has 0 saturated heterocycles. The summed E-state index contributed by atoms with van der Waals surface area (Å²) in [4.78, 5) is 24.9. The standard InChI is InChI=1S/C21H26N2O2S/c1-15(2)13-22-21(25)18-11-7-8-12-19(18)23-20(24)16(3)26-14-17-9-5-4-6-10-17/h4-12,15-16H,13-14H2,1-3H3,(H,22,25)(H,23,24)/t16-/m0/s1. The molecule has 2 rings (SSSR count). The highest BCUT2D eigenvalue weighted by Crippen LogP contribution is 2.21. The third-order valence-electron chi connectivity index (χ3n) is 3.81. The summed E-state index contributed by atoms with van der Waals surface area (Å²) >= 11 is 1.57. The number of anilines is 1. The maximum absolute atomic E-state index is 12.5. The molecule has 2 aromatic rings. The fourth-order valence-corrected chi connectivity index (χ4v) is 3.13. The summed E-state index contributed by atoms with van der Waals surface area (Å²) in [6, 6.07) is 17.2. The molecule has 0 radical (unpaired) electrons. The van der Waals surface area contributed by atoms with Gasteiger partial charge < -0.3 is 10.6 Å². The Morgan fingerprint density at radius 1 is 0.962 bits per heavy atom. The number of carbonyl (C=O) groups excluding carboxylic acids is 2. The fourth-order valence-electron chi connectivity index (χ4n) is 2.29. The first kappa shape index (κ1) is 20.0. The summed E-state index contributed by atoms with van der Waals surface area (Å²) < 4.78 is 0. The van der Waals surface area contributed by atoms with E-state index in [2.05, 4.69) is 10.6 Å². The molecule has 0 saturated carbocycles. The Bertz CT molecular complexity index is 732. The predicted molar refractivity (Wildman–Crippen MR) is 109 cm³/mol. The van der Waals surface area contributed by atoms with E-state index < -0.39 is 0 Å². The van der Waals surface area contributed by atoms with Crippen molar-refractivity contribution in [3.05, 3.63) is 65.7 Å². The molecular formula is C21H26N2O2S. The number of thioether (sulfide) groups is 1. The largest absolute Gasteiger partial charge is 0.352 e. The average Bonchev–Trinajstić information content (AvgIpc) is 2.65. The minimum atomic E-state index is -0.220. The van der Waals surface area contributed by atoms with Gasteiger partial charge in [0, 0.05) is 12.3 Å². The highest BCUT2D eigenvalue weighted by atomic mass is 32.2. The van der Waals surface area contributed by atoms with E-state index in [0.29, 0.717) is 23.7 Å². The Morgan fingerprint density at radius 2 is 1.62 bits per heavy atom. The van der Waals surface area contributed by atoms with E-state index in [4.69, 9.17) is 0 Å². The molecule has 138 valence electrons. The first-order valence-electron chi connectivity index (χ1n) is 8.81. The van der Waals surface area contributed by atoms with E-state index in [1.807, 2.05) is 57.2 Å². The fraction of sp³-hybridized carbons (Fsp3) is 0.333. The lowest BCUT2D eigenvalue weighted by Crippen LogP contribution is -2.29. The highest BCUT2D eigenvalue weighted by molar-refractivity contribution is 7.99. The molecule has 2 N–H and O–H groups in total. The predicted octanol–water partition coefficient (Wildman–Crippen LogP) is 4.33. The van der Waals surface area contributed by atoms with Gasteiger partial charge in [-0.2, -0.15) is 0 Å². The summed E-state index contributed by atoms with van der Waals surface area (Å²) in [5.41, 5.74) is 2.22. The van der Waals surface area contributed by atoms with Crippen molar-refractivity contribution in [3.63, 3.8) is 0 Å². The molecule has 26 heavy (non-hydrogen) atoms. The molecule has 0 unspecified atom stereocenters. The van der Waals surface area contributed by atoms with Gasteiger partial charge in [-0.1, -0.05) is 56.3 Å². The van der Waals surface area contributed by atoms with Crippen LogP contribution in [0.4, 0.5) is 5.69 Å². The van der Waals surface area contributed by atoms with Crippen molar-refractivity contribution in [3.8, 4) is 0 Å². The maximum Gasteiger partial charge on any atom is 0.253 e. The Hall–Kier alpha value is -2.27. The molecule has 1 atom stereocenters. The van der Waals surface area contributed by atoms with Crippen LogP contribution in [0, 0.1) is 5.92 Å². The van der Waals surface area contributed by atoms with Gasteiger partial charge in [0.05, 0.1) is 16.5 Å². The monoisotopic (exact) mass is 370 g/mol. The number of amides is 2. The minimum absolute atomic E-state index is 0.102. The summed E-state index contributed by atoms with van der Waals surface area (Å²) in [5, 5.41) is 5.57. The summed E-state index contributed by atoms with van der Waals surface area (Å²) in [5.74, 6) is 0.871. The Kier molecular flexibility index (Phi) is 7.73. The van der Waals surface area contributed by atoms with Crippen LogP contribution in [0.3, 0.4) is 0 Å². The van der Waals surface area contributed by atoms with Crippen LogP contribution in [0.5, 0.6) is 0 Å². The normalized spacial score (nSPS) is 11.8. The Labute approximate surface area is 159 Å². The second kappa shape index (κ2) is 10.0. The summed E-state index contributed by atoms with van der Waals surface area (Å²) in [6.07, 6.45) is 0. The molecule has 0 aliphatic rings. The van der Waals surface area contributed by atoms with E-state index >= 15 is 0 Å². The summed E-state index contributed by atoms with van der Waals surface area (Å²) in [6.45, 7) is 6.56. The lowest BCUT2D eigenvalue weighted by Gasteiger charge is -2.15. The quantitative estimate of drug-likeness (QED) is 0.727. The zero-order valence-electron chi connectivity index (χ0n) is 15.5. The van der Waals surface area contributed by atoms with E-state index in [9.17, 15) is 9.59 Å². The van der Waals surface area contributed by atoms with Crippen LogP contribution in [0.2, 0.25) is 0 Å². The smallest absolute Gasteiger partial charge is 0.253 e. The van der Waals surface area contributed by atoms with Gasteiger partial charge in [-0.15, -0.1) is 11.8 Å². The van der Waals surface area contributed by atoms with Gasteiger partial charge in [0.15, 0.2) is 0 Å². The molecule has 0 heterocycles. The topological polar surface area (TPSA) is 58.2 Å². The van der Waals surface area contributed by atoms with Crippen LogP contribution < -0.4 is 10.6 Å². The van der Waals surface area contributed by atoms with Crippen molar-refractivity contribution >= 4 is 29.3 Å². The van der Waals surface area contributed by atoms with Crippen molar-refractivity contribution in [2.45, 2.75) is 31.8 Å². The molecule has 0 aliphatic heterocycles. The second-order valence-electron chi connectivity index (χ2n) is 6.58. The number of rotatable bonds is 8.